The highest BCUT2D eigenvalue weighted by atomic mass is 16.6. The van der Waals surface area contributed by atoms with Crippen LogP contribution in [0.1, 0.15) is 84.3 Å². The van der Waals surface area contributed by atoms with Crippen LogP contribution in [-0.4, -0.2) is 86.0 Å². The van der Waals surface area contributed by atoms with Crippen molar-refractivity contribution in [2.24, 2.45) is 10.9 Å². The molecule has 2 aromatic carbocycles. The van der Waals surface area contributed by atoms with Gasteiger partial charge in [-0.3, -0.25) is 14.6 Å². The van der Waals surface area contributed by atoms with Gasteiger partial charge in [0.1, 0.15) is 17.1 Å². The lowest BCUT2D eigenvalue weighted by Gasteiger charge is -2.43. The second-order valence-corrected chi connectivity index (χ2v) is 14.4. The van der Waals surface area contributed by atoms with Crippen molar-refractivity contribution in [2.45, 2.75) is 90.2 Å². The van der Waals surface area contributed by atoms with E-state index < -0.39 is 23.0 Å². The third kappa shape index (κ3) is 10.1. The smallest absolute Gasteiger partial charge is 0.410 e. The summed E-state index contributed by atoms with van der Waals surface area (Å²) in [6.07, 6.45) is 8.58. The number of para-hydroxylation sites is 2. The van der Waals surface area contributed by atoms with Crippen LogP contribution in [-0.2, 0) is 24.5 Å². The molecule has 1 fully saturated rings. The molecule has 10 nitrogen and oxygen atoms in total. The van der Waals surface area contributed by atoms with Gasteiger partial charge >= 0.3 is 6.09 Å². The first kappa shape index (κ1) is 39.3. The predicted molar refractivity (Wildman–Crippen MR) is 201 cm³/mol. The van der Waals surface area contributed by atoms with E-state index in [1.807, 2.05) is 82.0 Å². The molecule has 0 spiro atoms. The summed E-state index contributed by atoms with van der Waals surface area (Å²) >= 11 is 0. The molecule has 276 valence electrons. The van der Waals surface area contributed by atoms with Crippen molar-refractivity contribution < 1.29 is 28.6 Å². The Balaban J connectivity index is 1.65. The van der Waals surface area contributed by atoms with Crippen LogP contribution in [0.2, 0.25) is 0 Å². The Morgan fingerprint density at radius 2 is 1.75 bits per heavy atom. The van der Waals surface area contributed by atoms with Crippen LogP contribution in [0.3, 0.4) is 0 Å². The molecule has 2 atom stereocenters. The summed E-state index contributed by atoms with van der Waals surface area (Å²) in [6, 6.07) is 15.7. The molecule has 10 heteroatoms. The number of fused-ring (bicyclic) bond motifs is 2. The Labute approximate surface area is 303 Å². The molecule has 0 aliphatic carbocycles. The summed E-state index contributed by atoms with van der Waals surface area (Å²) in [5.41, 5.74) is 1.60. The number of hydrogen-bond donors (Lipinski definition) is 1. The number of allylic oxidation sites excluding steroid dienone is 2. The maximum absolute atomic E-state index is 14.4. The second kappa shape index (κ2) is 18.2. The van der Waals surface area contributed by atoms with Crippen molar-refractivity contribution >= 4 is 24.6 Å². The lowest BCUT2D eigenvalue weighted by Crippen LogP contribution is -2.58. The second-order valence-electron chi connectivity index (χ2n) is 14.4. The van der Waals surface area contributed by atoms with Gasteiger partial charge in [0, 0.05) is 62.6 Å². The molecule has 2 aliphatic heterocycles. The molecule has 2 heterocycles. The van der Waals surface area contributed by atoms with Crippen LogP contribution in [0.4, 0.5) is 4.79 Å². The first-order valence-corrected chi connectivity index (χ1v) is 18.1. The van der Waals surface area contributed by atoms with E-state index in [0.717, 1.165) is 53.9 Å². The number of amides is 3. The van der Waals surface area contributed by atoms with E-state index in [1.165, 1.54) is 0 Å². The number of ether oxygens (including phenoxy) is 3. The van der Waals surface area contributed by atoms with Crippen LogP contribution in [0.5, 0.6) is 11.5 Å². The molecule has 4 rings (SSSR count). The van der Waals surface area contributed by atoms with Gasteiger partial charge in [0.15, 0.2) is 0 Å². The number of likely N-dealkylation sites (tertiary alicyclic amines) is 1. The highest BCUT2D eigenvalue weighted by molar-refractivity contribution is 5.82. The zero-order valence-corrected chi connectivity index (χ0v) is 31.3. The van der Waals surface area contributed by atoms with E-state index >= 15 is 0 Å². The molecule has 2 aliphatic rings. The summed E-state index contributed by atoms with van der Waals surface area (Å²) in [7, 11) is 1.71. The van der Waals surface area contributed by atoms with Gasteiger partial charge in [0.05, 0.1) is 18.4 Å². The van der Waals surface area contributed by atoms with Crippen molar-refractivity contribution in [3.8, 4) is 11.5 Å². The minimum atomic E-state index is -0.716. The molecule has 51 heavy (non-hydrogen) atoms. The summed E-state index contributed by atoms with van der Waals surface area (Å²) in [5.74, 6) is 0.756. The summed E-state index contributed by atoms with van der Waals surface area (Å²) < 4.78 is 17.5. The minimum absolute atomic E-state index is 0.0701. The number of benzene rings is 2. The molecule has 0 saturated carbocycles. The third-order valence-corrected chi connectivity index (χ3v) is 9.59. The quantitative estimate of drug-likeness (QED) is 0.118. The number of nitrogens with zero attached hydrogens (tertiary/aromatic N) is 3. The van der Waals surface area contributed by atoms with Crippen molar-refractivity contribution in [3.63, 3.8) is 0 Å². The normalized spacial score (nSPS) is 18.3. The highest BCUT2D eigenvalue weighted by Gasteiger charge is 2.44. The van der Waals surface area contributed by atoms with Gasteiger partial charge in [-0.1, -0.05) is 49.4 Å². The fourth-order valence-electron chi connectivity index (χ4n) is 7.17. The summed E-state index contributed by atoms with van der Waals surface area (Å²) in [5, 5.41) is 3.34. The molecular formula is C41H56N4O6. The first-order valence-electron chi connectivity index (χ1n) is 18.1. The Kier molecular flexibility index (Phi) is 14.0. The molecule has 1 N–H and O–H groups in total. The van der Waals surface area contributed by atoms with E-state index in [1.54, 1.807) is 24.3 Å². The number of piperidine rings is 1. The summed E-state index contributed by atoms with van der Waals surface area (Å²) in [4.78, 5) is 49.0. The van der Waals surface area contributed by atoms with Gasteiger partial charge in [-0.25, -0.2) is 4.79 Å². The molecular weight excluding hydrogens is 644 g/mol. The Hall–Kier alpha value is -4.44. The molecule has 3 amide bonds. The van der Waals surface area contributed by atoms with Crippen LogP contribution in [0, 0.1) is 5.92 Å². The fraction of sp³-hybridized carbons (Fsp3) is 0.512. The largest absolute Gasteiger partial charge is 0.457 e. The van der Waals surface area contributed by atoms with Crippen LogP contribution >= 0.6 is 0 Å². The topological polar surface area (TPSA) is 110 Å². The maximum atomic E-state index is 14.4. The lowest BCUT2D eigenvalue weighted by atomic mass is 9.69. The van der Waals surface area contributed by atoms with Gasteiger partial charge in [-0.2, -0.15) is 0 Å². The van der Waals surface area contributed by atoms with E-state index in [-0.39, 0.29) is 37.4 Å². The zero-order valence-electron chi connectivity index (χ0n) is 31.3. The molecule has 0 bridgehead atoms. The van der Waals surface area contributed by atoms with Crippen LogP contribution in [0.15, 0.2) is 77.4 Å². The number of hydrogen-bond acceptors (Lipinski definition) is 7. The van der Waals surface area contributed by atoms with Gasteiger partial charge in [-0.05, 0) is 90.3 Å². The number of unbranched alkanes of at least 4 members (excludes halogenated alkanes) is 1. The zero-order chi connectivity index (χ0) is 37.0. The van der Waals surface area contributed by atoms with E-state index in [2.05, 4.69) is 29.2 Å². The lowest BCUT2D eigenvalue weighted by molar-refractivity contribution is -0.137. The molecule has 0 radical (unpaired) electrons. The Bertz CT molecular complexity index is 1530. The van der Waals surface area contributed by atoms with E-state index in [9.17, 15) is 14.4 Å². The number of methoxy groups -OCH3 is 1. The Morgan fingerprint density at radius 1 is 1.08 bits per heavy atom. The SMILES string of the molecule is C=N/C=C\C(=C/C)CC(=O)N(CCC)C1CC(C(=O)NCC2(CCCCOC)c3ccccc3Oc3ccccc32)CN(C(=O)OC(C)(C)C)C1. The number of nitrogens with one attached hydrogen (secondary N) is 1. The number of aliphatic imine (C=N–C) groups is 1. The monoisotopic (exact) mass is 700 g/mol. The van der Waals surface area contributed by atoms with Crippen LogP contribution < -0.4 is 10.1 Å². The highest BCUT2D eigenvalue weighted by Crippen LogP contribution is 2.50. The average molecular weight is 701 g/mol. The van der Waals surface area contributed by atoms with Crippen molar-refractivity contribution in [3.05, 3.63) is 83.6 Å². The maximum Gasteiger partial charge on any atom is 0.410 e. The van der Waals surface area contributed by atoms with Gasteiger partial charge in [-0.15, -0.1) is 0 Å². The first-order chi connectivity index (χ1) is 24.5. The fourth-order valence-corrected chi connectivity index (χ4v) is 7.17. The molecule has 2 unspecified atom stereocenters. The van der Waals surface area contributed by atoms with E-state index in [0.29, 0.717) is 26.1 Å². The van der Waals surface area contributed by atoms with Crippen LogP contribution in [0.25, 0.3) is 0 Å². The van der Waals surface area contributed by atoms with Crippen molar-refractivity contribution in [1.29, 1.82) is 0 Å². The molecule has 2 aromatic rings. The molecule has 0 aromatic heterocycles. The average Bonchev–Trinajstić information content (AvgIpc) is 3.11. The summed E-state index contributed by atoms with van der Waals surface area (Å²) in [6.45, 7) is 14.8. The predicted octanol–water partition coefficient (Wildman–Crippen LogP) is 7.43. The van der Waals surface area contributed by atoms with Gasteiger partial charge < -0.3 is 29.3 Å². The minimum Gasteiger partial charge on any atom is -0.457 e. The number of carbonyl (C=O) groups excluding carboxylic acids is 3. The third-order valence-electron chi connectivity index (χ3n) is 9.59. The van der Waals surface area contributed by atoms with Crippen molar-refractivity contribution in [1.82, 2.24) is 15.1 Å². The number of rotatable bonds is 15. The van der Waals surface area contributed by atoms with Gasteiger partial charge in [0.25, 0.3) is 0 Å². The molecule has 1 saturated heterocycles. The Morgan fingerprint density at radius 3 is 2.33 bits per heavy atom. The standard InChI is InChI=1S/C41H56N4O6/c1-8-23-45(37(46)25-30(9-2)20-22-42-6)32-26-31(27-44(28-32)39(48)51-40(3,4)5)38(47)43-29-41(21-14-15-24-49-7)33-16-10-12-18-35(33)50-36-19-13-11-17-34(36)41/h9-13,16-20,22,31-32H,6,8,14-15,21,23-29H2,1-5,7H3,(H,43,47)/b22-20-,30-9+. The van der Waals surface area contributed by atoms with Gasteiger partial charge in [0.2, 0.25) is 11.8 Å². The van der Waals surface area contributed by atoms with E-state index in [4.69, 9.17) is 14.2 Å². The number of carbonyl (C=O) groups is 3. The van der Waals surface area contributed by atoms with Crippen molar-refractivity contribution in [2.75, 3.05) is 39.9 Å².